The van der Waals surface area contributed by atoms with E-state index in [2.05, 4.69) is 31.0 Å². The summed E-state index contributed by atoms with van der Waals surface area (Å²) in [7, 11) is 0. The molecule has 3 rings (SSSR count). The monoisotopic (exact) mass is 294 g/mol. The van der Waals surface area contributed by atoms with Gasteiger partial charge in [0.2, 0.25) is 0 Å². The molecule has 2 nitrogen and oxygen atoms in total. The Kier molecular flexibility index (Phi) is 7.53. The van der Waals surface area contributed by atoms with E-state index >= 15 is 0 Å². The van der Waals surface area contributed by atoms with Crippen molar-refractivity contribution < 1.29 is 0 Å². The molecular formula is C19H38N2. The van der Waals surface area contributed by atoms with Crippen LogP contribution >= 0.6 is 0 Å². The topological polar surface area (TPSA) is 15.3 Å². The van der Waals surface area contributed by atoms with E-state index in [0.717, 1.165) is 23.7 Å². The number of hydrogen-bond donors (Lipinski definition) is 1. The summed E-state index contributed by atoms with van der Waals surface area (Å²) in [4.78, 5) is 2.63. The van der Waals surface area contributed by atoms with Crippen LogP contribution in [0.5, 0.6) is 0 Å². The average Bonchev–Trinajstić information content (AvgIpc) is 2.34. The third kappa shape index (κ3) is 5.90. The molecule has 1 aliphatic carbocycles. The van der Waals surface area contributed by atoms with E-state index in [0.29, 0.717) is 0 Å². The van der Waals surface area contributed by atoms with Crippen LogP contribution in [0.3, 0.4) is 0 Å². The van der Waals surface area contributed by atoms with Gasteiger partial charge in [0, 0.05) is 0 Å². The summed E-state index contributed by atoms with van der Waals surface area (Å²) < 4.78 is 0. The van der Waals surface area contributed by atoms with E-state index in [4.69, 9.17) is 0 Å². The van der Waals surface area contributed by atoms with Crippen LogP contribution in [-0.2, 0) is 0 Å². The maximum absolute atomic E-state index is 3.37. The predicted molar refractivity (Wildman–Crippen MR) is 92.6 cm³/mol. The lowest BCUT2D eigenvalue weighted by molar-refractivity contribution is 0.155. The second-order valence-electron chi connectivity index (χ2n) is 7.98. The fourth-order valence-corrected chi connectivity index (χ4v) is 3.86. The van der Waals surface area contributed by atoms with Crippen LogP contribution in [0, 0.1) is 23.7 Å². The van der Waals surface area contributed by atoms with Crippen molar-refractivity contribution in [3.05, 3.63) is 0 Å². The summed E-state index contributed by atoms with van der Waals surface area (Å²) in [5.41, 5.74) is 0. The minimum absolute atomic E-state index is 0.953. The smallest absolute Gasteiger partial charge is 0.000815 e. The van der Waals surface area contributed by atoms with Crippen molar-refractivity contribution >= 4 is 0 Å². The summed E-state index contributed by atoms with van der Waals surface area (Å²) in [6.07, 6.45) is 10.2. The number of likely N-dealkylation sites (tertiary alicyclic amines) is 1. The van der Waals surface area contributed by atoms with Gasteiger partial charge >= 0.3 is 0 Å². The van der Waals surface area contributed by atoms with E-state index in [9.17, 15) is 0 Å². The predicted octanol–water partition coefficient (Wildman–Crippen LogP) is 4.16. The maximum Gasteiger partial charge on any atom is -0.000815 e. The standard InChI is InChI=1S/C12H24N2.C7H14/c1-2-5-14-6-3-11(4-7-14)8-12-9-13-10-12;1-6(2)7-4-3-5-7/h11-13H,2-10H2,1H3;6-7H,3-5H2,1-2H3. The Bertz CT molecular complexity index is 261. The average molecular weight is 295 g/mol. The van der Waals surface area contributed by atoms with E-state index in [1.54, 1.807) is 0 Å². The Balaban J connectivity index is 0.000000194. The van der Waals surface area contributed by atoms with Crippen molar-refractivity contribution in [2.45, 2.75) is 65.7 Å². The zero-order chi connectivity index (χ0) is 15.1. The minimum Gasteiger partial charge on any atom is -0.316 e. The molecule has 2 heterocycles. The lowest BCUT2D eigenvalue weighted by atomic mass is 9.78. The molecule has 3 fully saturated rings. The van der Waals surface area contributed by atoms with Gasteiger partial charge in [0.15, 0.2) is 0 Å². The van der Waals surface area contributed by atoms with Crippen molar-refractivity contribution in [1.82, 2.24) is 10.2 Å². The van der Waals surface area contributed by atoms with Gasteiger partial charge in [-0.1, -0.05) is 40.0 Å². The van der Waals surface area contributed by atoms with Gasteiger partial charge in [0.25, 0.3) is 0 Å². The molecule has 1 saturated carbocycles. The fourth-order valence-electron chi connectivity index (χ4n) is 3.86. The molecule has 0 spiro atoms. The molecule has 0 bridgehead atoms. The Morgan fingerprint density at radius 1 is 1.00 bits per heavy atom. The molecule has 0 aromatic rings. The van der Waals surface area contributed by atoms with Crippen LogP contribution in [0.1, 0.15) is 65.7 Å². The molecule has 124 valence electrons. The first kappa shape index (κ1) is 17.3. The SMILES string of the molecule is CC(C)C1CCC1.CCCN1CCC(CC2CNC2)CC1. The van der Waals surface area contributed by atoms with Crippen molar-refractivity contribution in [3.63, 3.8) is 0 Å². The van der Waals surface area contributed by atoms with E-state index < -0.39 is 0 Å². The van der Waals surface area contributed by atoms with Gasteiger partial charge < -0.3 is 10.2 Å². The fraction of sp³-hybridized carbons (Fsp3) is 1.00. The van der Waals surface area contributed by atoms with Crippen LogP contribution in [-0.4, -0.2) is 37.6 Å². The van der Waals surface area contributed by atoms with Crippen LogP contribution in [0.2, 0.25) is 0 Å². The second-order valence-corrected chi connectivity index (χ2v) is 7.98. The number of nitrogens with zero attached hydrogens (tertiary/aromatic N) is 1. The first-order valence-corrected chi connectivity index (χ1v) is 9.62. The molecule has 1 N–H and O–H groups in total. The Hall–Kier alpha value is -0.0800. The summed E-state index contributed by atoms with van der Waals surface area (Å²) >= 11 is 0. The molecule has 0 aromatic carbocycles. The molecule has 0 aromatic heterocycles. The number of nitrogens with one attached hydrogen (secondary N) is 1. The van der Waals surface area contributed by atoms with Crippen molar-refractivity contribution in [3.8, 4) is 0 Å². The molecule has 2 heteroatoms. The third-order valence-electron chi connectivity index (χ3n) is 5.87. The highest BCUT2D eigenvalue weighted by Crippen LogP contribution is 2.32. The first-order valence-electron chi connectivity index (χ1n) is 9.62. The lowest BCUT2D eigenvalue weighted by Crippen LogP contribution is -2.44. The number of rotatable bonds is 5. The Labute approximate surface area is 133 Å². The minimum atomic E-state index is 0.953. The van der Waals surface area contributed by atoms with Gasteiger partial charge in [-0.3, -0.25) is 0 Å². The molecule has 0 amide bonds. The largest absolute Gasteiger partial charge is 0.316 e. The molecule has 21 heavy (non-hydrogen) atoms. The lowest BCUT2D eigenvalue weighted by Gasteiger charge is -2.36. The molecule has 0 unspecified atom stereocenters. The quantitative estimate of drug-likeness (QED) is 0.819. The highest BCUT2D eigenvalue weighted by atomic mass is 15.1. The molecule has 0 atom stereocenters. The summed E-state index contributed by atoms with van der Waals surface area (Å²) in [6, 6.07) is 0. The van der Waals surface area contributed by atoms with Gasteiger partial charge in [-0.25, -0.2) is 0 Å². The normalized spacial score (nSPS) is 25.1. The highest BCUT2D eigenvalue weighted by Gasteiger charge is 2.24. The van der Waals surface area contributed by atoms with Crippen LogP contribution in [0.4, 0.5) is 0 Å². The summed E-state index contributed by atoms with van der Waals surface area (Å²) in [5.74, 6) is 4.08. The van der Waals surface area contributed by atoms with Crippen LogP contribution < -0.4 is 5.32 Å². The van der Waals surface area contributed by atoms with Gasteiger partial charge in [-0.05, 0) is 82.1 Å². The van der Waals surface area contributed by atoms with Gasteiger partial charge in [-0.2, -0.15) is 0 Å². The Morgan fingerprint density at radius 3 is 2.00 bits per heavy atom. The molecular weight excluding hydrogens is 256 g/mol. The summed E-state index contributed by atoms with van der Waals surface area (Å²) in [5, 5.41) is 3.37. The van der Waals surface area contributed by atoms with E-state index in [1.807, 2.05) is 0 Å². The molecule has 2 saturated heterocycles. The van der Waals surface area contributed by atoms with Crippen molar-refractivity contribution in [2.75, 3.05) is 32.7 Å². The molecule has 0 radical (unpaired) electrons. The zero-order valence-corrected chi connectivity index (χ0v) is 14.7. The van der Waals surface area contributed by atoms with Crippen LogP contribution in [0.15, 0.2) is 0 Å². The number of piperidine rings is 1. The highest BCUT2D eigenvalue weighted by molar-refractivity contribution is 4.80. The van der Waals surface area contributed by atoms with Gasteiger partial charge in [-0.15, -0.1) is 0 Å². The van der Waals surface area contributed by atoms with E-state index in [1.165, 1.54) is 77.7 Å². The van der Waals surface area contributed by atoms with Crippen molar-refractivity contribution in [1.29, 1.82) is 0 Å². The third-order valence-corrected chi connectivity index (χ3v) is 5.87. The molecule has 3 aliphatic rings. The zero-order valence-electron chi connectivity index (χ0n) is 14.7. The Morgan fingerprint density at radius 2 is 1.67 bits per heavy atom. The second kappa shape index (κ2) is 9.15. The van der Waals surface area contributed by atoms with Gasteiger partial charge in [0.1, 0.15) is 0 Å². The number of hydrogen-bond acceptors (Lipinski definition) is 2. The maximum atomic E-state index is 3.37. The van der Waals surface area contributed by atoms with E-state index in [-0.39, 0.29) is 0 Å². The van der Waals surface area contributed by atoms with Crippen LogP contribution in [0.25, 0.3) is 0 Å². The van der Waals surface area contributed by atoms with Crippen molar-refractivity contribution in [2.24, 2.45) is 23.7 Å². The van der Waals surface area contributed by atoms with Gasteiger partial charge in [0.05, 0.1) is 0 Å². The summed E-state index contributed by atoms with van der Waals surface area (Å²) in [6.45, 7) is 13.5. The first-order chi connectivity index (χ1) is 10.2. The molecule has 2 aliphatic heterocycles.